The lowest BCUT2D eigenvalue weighted by Gasteiger charge is -2.07. The van der Waals surface area contributed by atoms with Gasteiger partial charge < -0.3 is 15.6 Å². The van der Waals surface area contributed by atoms with Crippen LogP contribution in [0.5, 0.6) is 0 Å². The average Bonchev–Trinajstić information content (AvgIpc) is 2.34. The Hall–Kier alpha value is -0.970. The second-order valence-corrected chi connectivity index (χ2v) is 4.57. The maximum atomic E-state index is 11.7. The van der Waals surface area contributed by atoms with Crippen molar-refractivity contribution in [2.24, 2.45) is 0 Å². The zero-order valence-corrected chi connectivity index (χ0v) is 11.3. The summed E-state index contributed by atoms with van der Waals surface area (Å²) in [4.78, 5) is 11.7. The van der Waals surface area contributed by atoms with Gasteiger partial charge in [0, 0.05) is 6.61 Å². The standard InChI is InChI=1S/C12H15Cl2NO3/c13-9-6-8(7-10(15)11(9)14)12(17)18-5-3-1-2-4-16/h6-7,16H,1-5,15H2. The van der Waals surface area contributed by atoms with E-state index in [4.69, 9.17) is 38.8 Å². The third-order valence-electron chi connectivity index (χ3n) is 2.33. The lowest BCUT2D eigenvalue weighted by Crippen LogP contribution is -2.07. The number of esters is 1. The lowest BCUT2D eigenvalue weighted by atomic mass is 10.2. The number of nitrogen functional groups attached to an aromatic ring is 1. The molecule has 6 heteroatoms. The highest BCUT2D eigenvalue weighted by Gasteiger charge is 2.12. The van der Waals surface area contributed by atoms with Crippen LogP contribution in [0.25, 0.3) is 0 Å². The molecule has 3 N–H and O–H groups in total. The first-order chi connectivity index (χ1) is 8.56. The Morgan fingerprint density at radius 2 is 2.00 bits per heavy atom. The van der Waals surface area contributed by atoms with Gasteiger partial charge in [0.25, 0.3) is 0 Å². The summed E-state index contributed by atoms with van der Waals surface area (Å²) in [5.41, 5.74) is 6.13. The van der Waals surface area contributed by atoms with Gasteiger partial charge >= 0.3 is 5.97 Å². The zero-order valence-electron chi connectivity index (χ0n) is 9.79. The average molecular weight is 292 g/mol. The van der Waals surface area contributed by atoms with Crippen LogP contribution >= 0.6 is 23.2 Å². The predicted octanol–water partition coefficient (Wildman–Crippen LogP) is 2.90. The molecule has 0 bridgehead atoms. The van der Waals surface area contributed by atoms with E-state index in [1.54, 1.807) is 0 Å². The summed E-state index contributed by atoms with van der Waals surface area (Å²) in [7, 11) is 0. The maximum Gasteiger partial charge on any atom is 0.338 e. The molecule has 0 aliphatic carbocycles. The minimum atomic E-state index is -0.482. The Morgan fingerprint density at radius 1 is 1.28 bits per heavy atom. The third kappa shape index (κ3) is 4.37. The molecular weight excluding hydrogens is 277 g/mol. The van der Waals surface area contributed by atoms with Crippen LogP contribution in [0.1, 0.15) is 29.6 Å². The first-order valence-electron chi connectivity index (χ1n) is 5.58. The zero-order chi connectivity index (χ0) is 13.5. The smallest absolute Gasteiger partial charge is 0.338 e. The van der Waals surface area contributed by atoms with E-state index in [0.717, 1.165) is 6.42 Å². The van der Waals surface area contributed by atoms with Crippen molar-refractivity contribution in [3.05, 3.63) is 27.7 Å². The minimum absolute atomic E-state index is 0.150. The molecule has 0 aliphatic heterocycles. The van der Waals surface area contributed by atoms with Crippen molar-refractivity contribution in [1.82, 2.24) is 0 Å². The highest BCUT2D eigenvalue weighted by molar-refractivity contribution is 6.43. The summed E-state index contributed by atoms with van der Waals surface area (Å²) in [5, 5.41) is 9.05. The van der Waals surface area contributed by atoms with E-state index >= 15 is 0 Å². The van der Waals surface area contributed by atoms with Crippen LogP contribution < -0.4 is 5.73 Å². The van der Waals surface area contributed by atoms with Crippen molar-refractivity contribution in [2.75, 3.05) is 18.9 Å². The lowest BCUT2D eigenvalue weighted by molar-refractivity contribution is 0.0497. The topological polar surface area (TPSA) is 72.6 Å². The number of aliphatic hydroxyl groups excluding tert-OH is 1. The molecule has 0 spiro atoms. The fourth-order valence-corrected chi connectivity index (χ4v) is 1.70. The Balaban J connectivity index is 2.52. The van der Waals surface area contributed by atoms with Gasteiger partial charge in [0.15, 0.2) is 0 Å². The molecule has 0 heterocycles. The number of unbranched alkanes of at least 4 members (excludes halogenated alkanes) is 2. The number of carbonyl (C=O) groups excluding carboxylic acids is 1. The van der Waals surface area contributed by atoms with Crippen molar-refractivity contribution in [3.8, 4) is 0 Å². The molecule has 4 nitrogen and oxygen atoms in total. The van der Waals surface area contributed by atoms with Crippen LogP contribution in [0, 0.1) is 0 Å². The number of hydrogen-bond acceptors (Lipinski definition) is 4. The fourth-order valence-electron chi connectivity index (χ4n) is 1.37. The van der Waals surface area contributed by atoms with E-state index < -0.39 is 5.97 Å². The van der Waals surface area contributed by atoms with Crippen LogP contribution in [-0.4, -0.2) is 24.3 Å². The summed E-state index contributed by atoms with van der Waals surface area (Å²) >= 11 is 11.6. The van der Waals surface area contributed by atoms with Gasteiger partial charge in [-0.2, -0.15) is 0 Å². The Morgan fingerprint density at radius 3 is 2.61 bits per heavy atom. The Kier molecular flexibility index (Phi) is 6.25. The maximum absolute atomic E-state index is 11.7. The molecule has 0 unspecified atom stereocenters. The SMILES string of the molecule is Nc1cc(C(=O)OCCCCCO)cc(Cl)c1Cl. The second-order valence-electron chi connectivity index (χ2n) is 3.78. The van der Waals surface area contributed by atoms with Gasteiger partial charge in [-0.1, -0.05) is 23.2 Å². The molecule has 1 aromatic rings. The highest BCUT2D eigenvalue weighted by Crippen LogP contribution is 2.29. The monoisotopic (exact) mass is 291 g/mol. The largest absolute Gasteiger partial charge is 0.462 e. The van der Waals surface area contributed by atoms with E-state index in [2.05, 4.69) is 0 Å². The Labute approximate surface area is 116 Å². The molecule has 0 aromatic heterocycles. The van der Waals surface area contributed by atoms with Crippen molar-refractivity contribution >= 4 is 34.9 Å². The summed E-state index contributed by atoms with van der Waals surface area (Å²) in [5.74, 6) is -0.482. The van der Waals surface area contributed by atoms with E-state index in [1.807, 2.05) is 0 Å². The number of nitrogens with two attached hydrogens (primary N) is 1. The van der Waals surface area contributed by atoms with Crippen LogP contribution in [-0.2, 0) is 4.74 Å². The van der Waals surface area contributed by atoms with Crippen LogP contribution in [0.2, 0.25) is 10.0 Å². The number of benzene rings is 1. The van der Waals surface area contributed by atoms with Crippen molar-refractivity contribution in [1.29, 1.82) is 0 Å². The summed E-state index contributed by atoms with van der Waals surface area (Å²) in [6, 6.07) is 2.86. The summed E-state index contributed by atoms with van der Waals surface area (Å²) in [6.45, 7) is 0.455. The second kappa shape index (κ2) is 7.46. The highest BCUT2D eigenvalue weighted by atomic mass is 35.5. The van der Waals surface area contributed by atoms with E-state index in [0.29, 0.717) is 19.4 Å². The van der Waals surface area contributed by atoms with Gasteiger partial charge in [-0.05, 0) is 31.4 Å². The van der Waals surface area contributed by atoms with E-state index in [-0.39, 0.29) is 27.9 Å². The number of ether oxygens (including phenoxy) is 1. The number of anilines is 1. The quantitative estimate of drug-likeness (QED) is 0.480. The minimum Gasteiger partial charge on any atom is -0.462 e. The number of aliphatic hydroxyl groups is 1. The first kappa shape index (κ1) is 15.1. The molecule has 0 saturated carbocycles. The molecule has 100 valence electrons. The Bertz CT molecular complexity index is 401. The number of hydrogen-bond donors (Lipinski definition) is 2. The van der Waals surface area contributed by atoms with Gasteiger partial charge in [0.2, 0.25) is 0 Å². The molecule has 0 fully saturated rings. The van der Waals surface area contributed by atoms with Gasteiger partial charge in [-0.15, -0.1) is 0 Å². The van der Waals surface area contributed by atoms with Gasteiger partial charge in [0.05, 0.1) is 27.9 Å². The molecule has 0 radical (unpaired) electrons. The first-order valence-corrected chi connectivity index (χ1v) is 6.34. The van der Waals surface area contributed by atoms with Crippen LogP contribution in [0.3, 0.4) is 0 Å². The van der Waals surface area contributed by atoms with Crippen molar-refractivity contribution < 1.29 is 14.6 Å². The number of carbonyl (C=O) groups is 1. The molecule has 1 rings (SSSR count). The van der Waals surface area contributed by atoms with Crippen LogP contribution in [0.15, 0.2) is 12.1 Å². The molecule has 0 aliphatic rings. The summed E-state index contributed by atoms with van der Waals surface area (Å²) < 4.78 is 5.05. The van der Waals surface area contributed by atoms with Crippen LogP contribution in [0.4, 0.5) is 5.69 Å². The normalized spacial score (nSPS) is 10.4. The number of halogens is 2. The molecule has 0 atom stereocenters. The third-order valence-corrected chi connectivity index (χ3v) is 3.14. The van der Waals surface area contributed by atoms with E-state index in [9.17, 15) is 4.79 Å². The molecule has 18 heavy (non-hydrogen) atoms. The number of rotatable bonds is 6. The summed E-state index contributed by atoms with van der Waals surface area (Å²) in [6.07, 6.45) is 2.23. The van der Waals surface area contributed by atoms with Gasteiger partial charge in [-0.3, -0.25) is 0 Å². The molecule has 0 saturated heterocycles. The molecule has 1 aromatic carbocycles. The van der Waals surface area contributed by atoms with Gasteiger partial charge in [0.1, 0.15) is 0 Å². The van der Waals surface area contributed by atoms with Crippen molar-refractivity contribution in [2.45, 2.75) is 19.3 Å². The van der Waals surface area contributed by atoms with E-state index in [1.165, 1.54) is 12.1 Å². The van der Waals surface area contributed by atoms with Crippen molar-refractivity contribution in [3.63, 3.8) is 0 Å². The molecule has 0 amide bonds. The molecular formula is C12H15Cl2NO3. The predicted molar refractivity (Wildman–Crippen MR) is 72.1 cm³/mol. The fraction of sp³-hybridized carbons (Fsp3) is 0.417. The van der Waals surface area contributed by atoms with Gasteiger partial charge in [-0.25, -0.2) is 4.79 Å².